The normalized spacial score (nSPS) is 13.5. The molecule has 0 unspecified atom stereocenters. The van der Waals surface area contributed by atoms with Gasteiger partial charge in [0, 0.05) is 31.1 Å². The van der Waals surface area contributed by atoms with E-state index in [1.807, 2.05) is 18.2 Å². The molecule has 0 atom stereocenters. The lowest BCUT2D eigenvalue weighted by Gasteiger charge is -2.28. The van der Waals surface area contributed by atoms with Gasteiger partial charge in [0.25, 0.3) is 0 Å². The minimum atomic E-state index is -0.225. The summed E-state index contributed by atoms with van der Waals surface area (Å²) in [4.78, 5) is 4.23. The van der Waals surface area contributed by atoms with E-state index in [0.29, 0.717) is 37.8 Å². The van der Waals surface area contributed by atoms with Crippen molar-refractivity contribution in [3.63, 3.8) is 0 Å². The fraction of sp³-hybridized carbons (Fsp3) is 0.381. The largest absolute Gasteiger partial charge is 0.486 e. The van der Waals surface area contributed by atoms with Crippen LogP contribution in [0.4, 0.5) is 4.39 Å². The van der Waals surface area contributed by atoms with Crippen molar-refractivity contribution < 1.29 is 13.9 Å². The summed E-state index contributed by atoms with van der Waals surface area (Å²) in [7, 11) is 1.70. The lowest BCUT2D eigenvalue weighted by Crippen LogP contribution is -2.43. The van der Waals surface area contributed by atoms with E-state index in [2.05, 4.69) is 35.5 Å². The minimum Gasteiger partial charge on any atom is -0.486 e. The first kappa shape index (κ1) is 22.3. The van der Waals surface area contributed by atoms with Gasteiger partial charge in [-0.25, -0.2) is 4.39 Å². The Labute approximate surface area is 182 Å². The number of nitrogens with one attached hydrogen (secondary N) is 2. The van der Waals surface area contributed by atoms with Gasteiger partial charge in [-0.15, -0.1) is 24.0 Å². The molecule has 0 aromatic heterocycles. The van der Waals surface area contributed by atoms with E-state index < -0.39 is 0 Å². The maximum absolute atomic E-state index is 13.8. The van der Waals surface area contributed by atoms with E-state index in [1.54, 1.807) is 19.2 Å². The number of guanidine groups is 1. The Morgan fingerprint density at radius 3 is 2.50 bits per heavy atom. The van der Waals surface area contributed by atoms with Gasteiger partial charge in [-0.2, -0.15) is 0 Å². The van der Waals surface area contributed by atoms with Crippen LogP contribution in [0.25, 0.3) is 0 Å². The molecule has 5 nitrogen and oxygen atoms in total. The molecule has 1 aliphatic rings. The van der Waals surface area contributed by atoms with E-state index in [-0.39, 0.29) is 35.2 Å². The van der Waals surface area contributed by atoms with E-state index in [0.717, 1.165) is 17.1 Å². The Kier molecular flexibility index (Phi) is 7.91. The highest BCUT2D eigenvalue weighted by molar-refractivity contribution is 14.0. The maximum atomic E-state index is 13.8. The van der Waals surface area contributed by atoms with Gasteiger partial charge < -0.3 is 20.1 Å². The number of hydrogen-bond acceptors (Lipinski definition) is 3. The molecule has 1 aliphatic heterocycles. The Morgan fingerprint density at radius 2 is 1.79 bits per heavy atom. The summed E-state index contributed by atoms with van der Waals surface area (Å²) in [5.74, 6) is 1.98. The molecule has 0 fully saturated rings. The van der Waals surface area contributed by atoms with Gasteiger partial charge in [0.15, 0.2) is 17.5 Å². The van der Waals surface area contributed by atoms with Crippen LogP contribution in [0.1, 0.15) is 25.0 Å². The first-order valence-electron chi connectivity index (χ1n) is 9.07. The molecule has 2 N–H and O–H groups in total. The number of ether oxygens (including phenoxy) is 2. The Balaban J connectivity index is 0.00000280. The van der Waals surface area contributed by atoms with Gasteiger partial charge in [0.1, 0.15) is 19.0 Å². The summed E-state index contributed by atoms with van der Waals surface area (Å²) in [6, 6.07) is 12.8. The summed E-state index contributed by atoms with van der Waals surface area (Å²) in [6.45, 7) is 6.48. The molecule has 0 saturated carbocycles. The number of rotatable bonds is 5. The molecule has 0 amide bonds. The van der Waals surface area contributed by atoms with Crippen LogP contribution in [0.15, 0.2) is 47.5 Å². The fourth-order valence-electron chi connectivity index (χ4n) is 2.91. The van der Waals surface area contributed by atoms with Crippen LogP contribution < -0.4 is 20.1 Å². The zero-order valence-corrected chi connectivity index (χ0v) is 18.8. The average molecular weight is 499 g/mol. The van der Waals surface area contributed by atoms with E-state index in [4.69, 9.17) is 9.47 Å². The third-order valence-corrected chi connectivity index (χ3v) is 4.65. The summed E-state index contributed by atoms with van der Waals surface area (Å²) in [6.07, 6.45) is 0. The molecule has 7 heteroatoms. The Hall–Kier alpha value is -2.03. The summed E-state index contributed by atoms with van der Waals surface area (Å²) in [5.41, 5.74) is 1.58. The molecule has 28 heavy (non-hydrogen) atoms. The number of fused-ring (bicyclic) bond motifs is 1. The summed E-state index contributed by atoms with van der Waals surface area (Å²) >= 11 is 0. The smallest absolute Gasteiger partial charge is 0.191 e. The van der Waals surface area contributed by atoms with Crippen LogP contribution in [-0.2, 0) is 12.0 Å². The lowest BCUT2D eigenvalue weighted by atomic mass is 9.84. The first-order chi connectivity index (χ1) is 13.0. The minimum absolute atomic E-state index is 0. The van der Waals surface area contributed by atoms with Crippen LogP contribution in [0.3, 0.4) is 0 Å². The quantitative estimate of drug-likeness (QED) is 0.373. The molecule has 3 rings (SSSR count). The van der Waals surface area contributed by atoms with E-state index in [1.165, 1.54) is 6.07 Å². The number of aliphatic imine (C=N–C) groups is 1. The van der Waals surface area contributed by atoms with Gasteiger partial charge >= 0.3 is 0 Å². The van der Waals surface area contributed by atoms with Crippen LogP contribution in [0.5, 0.6) is 11.5 Å². The van der Waals surface area contributed by atoms with Crippen molar-refractivity contribution in [1.82, 2.24) is 10.6 Å². The molecule has 0 saturated heterocycles. The van der Waals surface area contributed by atoms with Gasteiger partial charge in [0.05, 0.1) is 0 Å². The van der Waals surface area contributed by atoms with Crippen molar-refractivity contribution in [3.05, 3.63) is 59.4 Å². The highest BCUT2D eigenvalue weighted by atomic mass is 127. The molecular formula is C21H27FIN3O2. The highest BCUT2D eigenvalue weighted by Gasteiger charge is 2.23. The second-order valence-electron chi connectivity index (χ2n) is 7.11. The van der Waals surface area contributed by atoms with Crippen LogP contribution >= 0.6 is 24.0 Å². The third kappa shape index (κ3) is 5.50. The van der Waals surface area contributed by atoms with Gasteiger partial charge in [0.2, 0.25) is 0 Å². The van der Waals surface area contributed by atoms with Crippen molar-refractivity contribution in [2.45, 2.75) is 25.8 Å². The predicted octanol–water partition coefficient (Wildman–Crippen LogP) is 3.86. The molecule has 0 radical (unpaired) electrons. The maximum Gasteiger partial charge on any atom is 0.191 e. The standard InChI is InChI=1S/C21H26FN3O2.HI/c1-21(2,16-8-9-18-19(12-16)27-11-10-26-18)14-25-20(23-3)24-13-15-6-4-5-7-17(15)22;/h4-9,12H,10-11,13-14H2,1-3H3,(H2,23,24,25);1H. The molecule has 0 spiro atoms. The van der Waals surface area contributed by atoms with E-state index >= 15 is 0 Å². The van der Waals surface area contributed by atoms with Crippen LogP contribution in [-0.4, -0.2) is 32.8 Å². The van der Waals surface area contributed by atoms with Crippen molar-refractivity contribution in [2.24, 2.45) is 4.99 Å². The lowest BCUT2D eigenvalue weighted by molar-refractivity contribution is 0.171. The molecule has 0 bridgehead atoms. The molecule has 2 aromatic carbocycles. The molecule has 2 aromatic rings. The van der Waals surface area contributed by atoms with Crippen molar-refractivity contribution in [3.8, 4) is 11.5 Å². The number of nitrogens with zero attached hydrogens (tertiary/aromatic N) is 1. The van der Waals surface area contributed by atoms with Crippen LogP contribution in [0, 0.1) is 5.82 Å². The monoisotopic (exact) mass is 499 g/mol. The van der Waals surface area contributed by atoms with E-state index in [9.17, 15) is 4.39 Å². The SMILES string of the molecule is CN=C(NCc1ccccc1F)NCC(C)(C)c1ccc2c(c1)OCCO2.I. The zero-order chi connectivity index (χ0) is 19.3. The third-order valence-electron chi connectivity index (χ3n) is 4.65. The van der Waals surface area contributed by atoms with Crippen molar-refractivity contribution >= 4 is 29.9 Å². The van der Waals surface area contributed by atoms with Gasteiger partial charge in [-0.1, -0.05) is 38.1 Å². The van der Waals surface area contributed by atoms with Gasteiger partial charge in [-0.05, 0) is 23.8 Å². The summed E-state index contributed by atoms with van der Waals surface area (Å²) < 4.78 is 25.0. The Morgan fingerprint density at radius 1 is 1.07 bits per heavy atom. The first-order valence-corrected chi connectivity index (χ1v) is 9.07. The van der Waals surface area contributed by atoms with Crippen molar-refractivity contribution in [2.75, 3.05) is 26.8 Å². The topological polar surface area (TPSA) is 54.9 Å². The summed E-state index contributed by atoms with van der Waals surface area (Å²) in [5, 5.41) is 6.48. The Bertz CT molecular complexity index is 827. The number of hydrogen-bond donors (Lipinski definition) is 2. The molecular weight excluding hydrogens is 472 g/mol. The second-order valence-corrected chi connectivity index (χ2v) is 7.11. The second kappa shape index (κ2) is 9.95. The van der Waals surface area contributed by atoms with Crippen molar-refractivity contribution in [1.29, 1.82) is 0 Å². The molecule has 0 aliphatic carbocycles. The molecule has 1 heterocycles. The fourth-order valence-corrected chi connectivity index (χ4v) is 2.91. The molecule has 152 valence electrons. The predicted molar refractivity (Wildman–Crippen MR) is 120 cm³/mol. The van der Waals surface area contributed by atoms with Crippen LogP contribution in [0.2, 0.25) is 0 Å². The number of halogens is 2. The zero-order valence-electron chi connectivity index (χ0n) is 16.4. The van der Waals surface area contributed by atoms with Gasteiger partial charge in [-0.3, -0.25) is 4.99 Å². The average Bonchev–Trinajstić information content (AvgIpc) is 2.69. The highest BCUT2D eigenvalue weighted by Crippen LogP contribution is 2.34. The number of benzene rings is 2.